The summed E-state index contributed by atoms with van der Waals surface area (Å²) in [4.78, 5) is 0. The van der Waals surface area contributed by atoms with E-state index in [-0.39, 0.29) is 0 Å². The molecule has 0 amide bonds. The van der Waals surface area contributed by atoms with E-state index >= 15 is 0 Å². The summed E-state index contributed by atoms with van der Waals surface area (Å²) in [5.41, 5.74) is 1.07. The summed E-state index contributed by atoms with van der Waals surface area (Å²) in [6.45, 7) is 0.951. The van der Waals surface area contributed by atoms with Gasteiger partial charge in [0.1, 0.15) is 6.10 Å². The van der Waals surface area contributed by atoms with E-state index in [9.17, 15) is 5.11 Å². The molecule has 0 radical (unpaired) electrons. The maximum Gasteiger partial charge on any atom is 0.187 e. The van der Waals surface area contributed by atoms with Gasteiger partial charge >= 0.3 is 0 Å². The topological polar surface area (TPSA) is 38.7 Å². The molecule has 0 saturated carbocycles. The van der Waals surface area contributed by atoms with E-state index in [1.165, 1.54) is 0 Å². The summed E-state index contributed by atoms with van der Waals surface area (Å²) in [6, 6.07) is 9.82. The van der Waals surface area contributed by atoms with Crippen LogP contribution < -0.4 is 0 Å². The molecule has 0 fully saturated rings. The Morgan fingerprint density at radius 1 is 1.33 bits per heavy atom. The van der Waals surface area contributed by atoms with Gasteiger partial charge < -0.3 is 14.6 Å². The average molecular weight is 206 g/mol. The number of rotatable bonds is 3. The van der Waals surface area contributed by atoms with E-state index in [0.29, 0.717) is 13.2 Å². The van der Waals surface area contributed by atoms with Gasteiger partial charge in [0.15, 0.2) is 6.29 Å². The summed E-state index contributed by atoms with van der Waals surface area (Å²) in [5, 5.41) is 9.51. The third kappa shape index (κ3) is 2.89. The highest BCUT2D eigenvalue weighted by molar-refractivity contribution is 5.13. The van der Waals surface area contributed by atoms with E-state index < -0.39 is 12.4 Å². The van der Waals surface area contributed by atoms with Crippen LogP contribution in [0.5, 0.6) is 0 Å². The Bertz CT molecular complexity index is 321. The van der Waals surface area contributed by atoms with Crippen LogP contribution in [0, 0.1) is 0 Å². The van der Waals surface area contributed by atoms with Gasteiger partial charge in [-0.3, -0.25) is 0 Å². The molecule has 2 atom stereocenters. The van der Waals surface area contributed by atoms with Crippen molar-refractivity contribution in [3.05, 3.63) is 48.0 Å². The minimum Gasteiger partial charge on any atom is -0.384 e. The van der Waals surface area contributed by atoms with Crippen molar-refractivity contribution in [2.24, 2.45) is 0 Å². The van der Waals surface area contributed by atoms with Crippen LogP contribution in [-0.4, -0.2) is 24.1 Å². The van der Waals surface area contributed by atoms with Gasteiger partial charge in [0.2, 0.25) is 0 Å². The summed E-state index contributed by atoms with van der Waals surface area (Å²) in [5.74, 6) is 0. The molecule has 1 N–H and O–H groups in total. The third-order valence-corrected chi connectivity index (χ3v) is 2.23. The standard InChI is InChI=1S/C12H14O3/c13-11-7-4-8-14-12(11)15-9-10-5-2-1-3-6-10/h1-7,11-13H,8-9H2/t11-,12+/m1/s1. The lowest BCUT2D eigenvalue weighted by Gasteiger charge is -2.24. The highest BCUT2D eigenvalue weighted by atomic mass is 16.7. The van der Waals surface area contributed by atoms with Gasteiger partial charge in [-0.25, -0.2) is 0 Å². The molecule has 80 valence electrons. The van der Waals surface area contributed by atoms with Crippen LogP contribution in [-0.2, 0) is 16.1 Å². The average Bonchev–Trinajstić information content (AvgIpc) is 2.29. The minimum atomic E-state index is -0.664. The fourth-order valence-electron chi connectivity index (χ4n) is 1.43. The van der Waals surface area contributed by atoms with E-state index in [1.807, 2.05) is 30.3 Å². The van der Waals surface area contributed by atoms with Crippen LogP contribution in [0.4, 0.5) is 0 Å². The van der Waals surface area contributed by atoms with Crippen LogP contribution in [0.2, 0.25) is 0 Å². The first-order chi connectivity index (χ1) is 7.36. The molecule has 3 nitrogen and oxygen atoms in total. The van der Waals surface area contributed by atoms with Crippen molar-refractivity contribution in [1.29, 1.82) is 0 Å². The lowest BCUT2D eigenvalue weighted by molar-refractivity contribution is -0.188. The Kier molecular flexibility index (Phi) is 3.50. The summed E-state index contributed by atoms with van der Waals surface area (Å²) >= 11 is 0. The van der Waals surface area contributed by atoms with Crippen molar-refractivity contribution in [2.45, 2.75) is 19.0 Å². The van der Waals surface area contributed by atoms with Crippen molar-refractivity contribution >= 4 is 0 Å². The second-order valence-electron chi connectivity index (χ2n) is 3.42. The van der Waals surface area contributed by atoms with Crippen molar-refractivity contribution in [2.75, 3.05) is 6.61 Å². The first kappa shape index (κ1) is 10.4. The van der Waals surface area contributed by atoms with Crippen LogP contribution in [0.3, 0.4) is 0 Å². The SMILES string of the molecule is O[C@@H]1C=CCO[C@H]1OCc1ccccc1. The molecule has 0 unspecified atom stereocenters. The van der Waals surface area contributed by atoms with Crippen molar-refractivity contribution in [1.82, 2.24) is 0 Å². The zero-order valence-corrected chi connectivity index (χ0v) is 8.37. The lowest BCUT2D eigenvalue weighted by Crippen LogP contribution is -2.33. The van der Waals surface area contributed by atoms with Crippen molar-refractivity contribution in [3.63, 3.8) is 0 Å². The largest absolute Gasteiger partial charge is 0.384 e. The molecule has 1 aliphatic rings. The Balaban J connectivity index is 1.85. The Morgan fingerprint density at radius 3 is 2.87 bits per heavy atom. The second kappa shape index (κ2) is 5.07. The highest BCUT2D eigenvalue weighted by Gasteiger charge is 2.20. The number of hydrogen-bond acceptors (Lipinski definition) is 3. The summed E-state index contributed by atoms with van der Waals surface area (Å²) in [6.07, 6.45) is 2.27. The molecule has 15 heavy (non-hydrogen) atoms. The number of benzene rings is 1. The Morgan fingerprint density at radius 2 is 2.13 bits per heavy atom. The maximum absolute atomic E-state index is 9.51. The molecule has 3 heteroatoms. The van der Waals surface area contributed by atoms with Gasteiger partial charge in [-0.1, -0.05) is 42.5 Å². The minimum absolute atomic E-state index is 0.455. The predicted octanol–water partition coefficient (Wildman–Crippen LogP) is 1.48. The van der Waals surface area contributed by atoms with Crippen LogP contribution in [0.15, 0.2) is 42.5 Å². The summed E-state index contributed by atoms with van der Waals surface area (Å²) in [7, 11) is 0. The van der Waals surface area contributed by atoms with E-state index in [0.717, 1.165) is 5.56 Å². The maximum atomic E-state index is 9.51. The predicted molar refractivity (Wildman–Crippen MR) is 56.1 cm³/mol. The third-order valence-electron chi connectivity index (χ3n) is 2.23. The number of ether oxygens (including phenoxy) is 2. The van der Waals surface area contributed by atoms with Gasteiger partial charge in [0, 0.05) is 0 Å². The number of aliphatic hydroxyl groups is 1. The van der Waals surface area contributed by atoms with Crippen LogP contribution in [0.25, 0.3) is 0 Å². The zero-order valence-electron chi connectivity index (χ0n) is 8.37. The molecule has 0 saturated heterocycles. The smallest absolute Gasteiger partial charge is 0.187 e. The molecular formula is C12H14O3. The molecule has 1 aliphatic heterocycles. The van der Waals surface area contributed by atoms with Crippen molar-refractivity contribution < 1.29 is 14.6 Å². The van der Waals surface area contributed by atoms with Gasteiger partial charge in [-0.15, -0.1) is 0 Å². The molecule has 1 aromatic carbocycles. The normalized spacial score (nSPS) is 25.4. The van der Waals surface area contributed by atoms with Gasteiger partial charge in [-0.2, -0.15) is 0 Å². The molecule has 0 aromatic heterocycles. The summed E-state index contributed by atoms with van der Waals surface area (Å²) < 4.78 is 10.7. The van der Waals surface area contributed by atoms with Crippen LogP contribution in [0.1, 0.15) is 5.56 Å². The fourth-order valence-corrected chi connectivity index (χ4v) is 1.43. The monoisotopic (exact) mass is 206 g/mol. The first-order valence-corrected chi connectivity index (χ1v) is 4.98. The first-order valence-electron chi connectivity index (χ1n) is 4.98. The van der Waals surface area contributed by atoms with Gasteiger partial charge in [0.25, 0.3) is 0 Å². The molecule has 0 bridgehead atoms. The Hall–Kier alpha value is -1.16. The molecule has 1 heterocycles. The molecule has 0 spiro atoms. The molecule has 0 aliphatic carbocycles. The second-order valence-corrected chi connectivity index (χ2v) is 3.42. The fraction of sp³-hybridized carbons (Fsp3) is 0.333. The molecular weight excluding hydrogens is 192 g/mol. The molecule has 1 aromatic rings. The molecule has 2 rings (SSSR count). The van der Waals surface area contributed by atoms with Gasteiger partial charge in [-0.05, 0) is 5.56 Å². The van der Waals surface area contributed by atoms with E-state index in [4.69, 9.17) is 9.47 Å². The van der Waals surface area contributed by atoms with E-state index in [2.05, 4.69) is 0 Å². The quantitative estimate of drug-likeness (QED) is 0.761. The zero-order chi connectivity index (χ0) is 10.5. The lowest BCUT2D eigenvalue weighted by atomic mass is 10.2. The van der Waals surface area contributed by atoms with E-state index in [1.54, 1.807) is 12.2 Å². The highest BCUT2D eigenvalue weighted by Crippen LogP contribution is 2.11. The van der Waals surface area contributed by atoms with Crippen LogP contribution >= 0.6 is 0 Å². The Labute approximate surface area is 88.9 Å². The van der Waals surface area contributed by atoms with Gasteiger partial charge in [0.05, 0.1) is 13.2 Å². The van der Waals surface area contributed by atoms with Crippen molar-refractivity contribution in [3.8, 4) is 0 Å². The number of aliphatic hydroxyl groups excluding tert-OH is 1. The number of hydrogen-bond donors (Lipinski definition) is 1.